The third-order valence-corrected chi connectivity index (χ3v) is 5.91. The van der Waals surface area contributed by atoms with E-state index in [-0.39, 0.29) is 0 Å². The minimum atomic E-state index is 0.844. The summed E-state index contributed by atoms with van der Waals surface area (Å²) in [6, 6.07) is 27.6. The van der Waals surface area contributed by atoms with Crippen LogP contribution in [-0.2, 0) is 12.8 Å². The molecule has 6 aromatic rings. The molecule has 0 atom stereocenters. The highest BCUT2D eigenvalue weighted by Crippen LogP contribution is 2.35. The van der Waals surface area contributed by atoms with Crippen molar-refractivity contribution < 1.29 is 8.83 Å². The molecule has 2 heteroatoms. The van der Waals surface area contributed by atoms with Gasteiger partial charge in [0.15, 0.2) is 0 Å². The van der Waals surface area contributed by atoms with Crippen LogP contribution >= 0.6 is 0 Å². The van der Waals surface area contributed by atoms with Gasteiger partial charge in [0.1, 0.15) is 22.3 Å². The Labute approximate surface area is 168 Å². The third-order valence-electron chi connectivity index (χ3n) is 5.91. The summed E-state index contributed by atoms with van der Waals surface area (Å²) in [5.41, 5.74) is 7.66. The highest BCUT2D eigenvalue weighted by atomic mass is 16.3. The van der Waals surface area contributed by atoms with Crippen molar-refractivity contribution in [3.63, 3.8) is 0 Å². The lowest BCUT2D eigenvalue weighted by Crippen LogP contribution is -1.91. The monoisotopic (exact) mass is 376 g/mol. The third kappa shape index (κ3) is 2.49. The van der Waals surface area contributed by atoms with Gasteiger partial charge in [-0.3, -0.25) is 0 Å². The zero-order chi connectivity index (χ0) is 19.4. The Morgan fingerprint density at radius 2 is 1.31 bits per heavy atom. The Balaban J connectivity index is 1.53. The van der Waals surface area contributed by atoms with Crippen LogP contribution in [0.25, 0.3) is 43.9 Å². The summed E-state index contributed by atoms with van der Waals surface area (Å²) in [7, 11) is 0. The number of furan rings is 2. The second-order valence-electron chi connectivity index (χ2n) is 7.65. The van der Waals surface area contributed by atoms with E-state index in [0.29, 0.717) is 0 Å². The summed E-state index contributed by atoms with van der Waals surface area (Å²) in [5.74, 6) is 0. The Morgan fingerprint density at radius 3 is 2.14 bits per heavy atom. The summed E-state index contributed by atoms with van der Waals surface area (Å²) in [6.45, 7) is 2.18. The van der Waals surface area contributed by atoms with Gasteiger partial charge in [-0.05, 0) is 47.7 Å². The first-order valence-electron chi connectivity index (χ1n) is 10.1. The average molecular weight is 376 g/mol. The minimum Gasteiger partial charge on any atom is -0.456 e. The lowest BCUT2D eigenvalue weighted by Gasteiger charge is -2.07. The molecule has 0 spiro atoms. The van der Waals surface area contributed by atoms with Gasteiger partial charge in [0.2, 0.25) is 0 Å². The number of hydrogen-bond donors (Lipinski definition) is 0. The summed E-state index contributed by atoms with van der Waals surface area (Å²) >= 11 is 0. The van der Waals surface area contributed by atoms with E-state index in [1.165, 1.54) is 38.2 Å². The van der Waals surface area contributed by atoms with Gasteiger partial charge >= 0.3 is 0 Å². The fourth-order valence-corrected chi connectivity index (χ4v) is 4.48. The maximum atomic E-state index is 6.24. The van der Waals surface area contributed by atoms with Gasteiger partial charge in [-0.2, -0.15) is 0 Å². The number of rotatable bonds is 3. The molecule has 2 aromatic heterocycles. The van der Waals surface area contributed by atoms with Crippen molar-refractivity contribution in [3.05, 3.63) is 95.6 Å². The van der Waals surface area contributed by atoms with Gasteiger partial charge in [0.05, 0.1) is 0 Å². The molecule has 0 saturated carbocycles. The fraction of sp³-hybridized carbons (Fsp3) is 0.111. The molecule has 0 aliphatic rings. The van der Waals surface area contributed by atoms with Crippen LogP contribution in [0.1, 0.15) is 23.6 Å². The summed E-state index contributed by atoms with van der Waals surface area (Å²) in [5, 5.41) is 4.77. The van der Waals surface area contributed by atoms with Crippen molar-refractivity contribution in [2.24, 2.45) is 0 Å². The average Bonchev–Trinajstić information content (AvgIpc) is 3.32. The van der Waals surface area contributed by atoms with Crippen LogP contribution in [0.15, 0.2) is 87.7 Å². The molecule has 0 fully saturated rings. The van der Waals surface area contributed by atoms with Gasteiger partial charge in [-0.15, -0.1) is 0 Å². The van der Waals surface area contributed by atoms with Crippen molar-refractivity contribution in [2.75, 3.05) is 0 Å². The van der Waals surface area contributed by atoms with Crippen molar-refractivity contribution in [3.8, 4) is 0 Å². The Hall–Kier alpha value is -3.52. The molecule has 6 rings (SSSR count). The molecular weight excluding hydrogens is 356 g/mol. The number of benzene rings is 4. The van der Waals surface area contributed by atoms with Crippen LogP contribution < -0.4 is 0 Å². The van der Waals surface area contributed by atoms with Crippen LogP contribution in [0.4, 0.5) is 0 Å². The summed E-state index contributed by atoms with van der Waals surface area (Å²) in [4.78, 5) is 0. The van der Waals surface area contributed by atoms with Crippen molar-refractivity contribution >= 4 is 43.9 Å². The van der Waals surface area contributed by atoms with Crippen molar-refractivity contribution in [1.82, 2.24) is 0 Å². The van der Waals surface area contributed by atoms with Crippen LogP contribution in [0.3, 0.4) is 0 Å². The lowest BCUT2D eigenvalue weighted by molar-refractivity contribution is 0.663. The largest absolute Gasteiger partial charge is 0.456 e. The molecule has 0 N–H and O–H groups in total. The van der Waals surface area contributed by atoms with Crippen molar-refractivity contribution in [1.29, 1.82) is 0 Å². The van der Waals surface area contributed by atoms with Gasteiger partial charge in [-0.1, -0.05) is 67.6 Å². The molecule has 0 amide bonds. The number of fused-ring (bicyclic) bond motifs is 6. The van der Waals surface area contributed by atoms with E-state index >= 15 is 0 Å². The Morgan fingerprint density at radius 1 is 0.621 bits per heavy atom. The first-order valence-corrected chi connectivity index (χ1v) is 10.1. The standard InChI is InChI=1S/C27H20O2/c1-2-18-12-13-19(26-22-8-4-6-10-24(22)29-27(18)26)15-17-11-14-21-20-7-3-5-9-23(20)28-25(21)16-17/h3-14,16H,2,15H2,1H3. The fourth-order valence-electron chi connectivity index (χ4n) is 4.48. The predicted octanol–water partition coefficient (Wildman–Crippen LogP) is 7.64. The highest BCUT2D eigenvalue weighted by Gasteiger charge is 2.15. The van der Waals surface area contributed by atoms with Gasteiger partial charge in [0.25, 0.3) is 0 Å². The Kier molecular flexibility index (Phi) is 3.54. The molecule has 0 saturated heterocycles. The minimum absolute atomic E-state index is 0.844. The van der Waals surface area contributed by atoms with Crippen LogP contribution in [0.2, 0.25) is 0 Å². The number of aryl methyl sites for hydroxylation is 1. The zero-order valence-electron chi connectivity index (χ0n) is 16.2. The first kappa shape index (κ1) is 16.4. The van der Waals surface area contributed by atoms with Crippen LogP contribution in [0.5, 0.6) is 0 Å². The smallest absolute Gasteiger partial charge is 0.138 e. The lowest BCUT2D eigenvalue weighted by atomic mass is 9.96. The first-order chi connectivity index (χ1) is 14.3. The Bertz CT molecular complexity index is 1510. The number of hydrogen-bond acceptors (Lipinski definition) is 2. The second-order valence-corrected chi connectivity index (χ2v) is 7.65. The maximum absolute atomic E-state index is 6.24. The van der Waals surface area contributed by atoms with E-state index in [4.69, 9.17) is 8.83 Å². The molecule has 2 nitrogen and oxygen atoms in total. The highest BCUT2D eigenvalue weighted by molar-refractivity contribution is 6.08. The van der Waals surface area contributed by atoms with E-state index in [9.17, 15) is 0 Å². The molecule has 0 aliphatic heterocycles. The summed E-state index contributed by atoms with van der Waals surface area (Å²) in [6.07, 6.45) is 1.80. The molecule has 4 aromatic carbocycles. The van der Waals surface area contributed by atoms with Gasteiger partial charge < -0.3 is 8.83 Å². The van der Waals surface area contributed by atoms with Gasteiger partial charge in [0, 0.05) is 21.5 Å². The summed E-state index contributed by atoms with van der Waals surface area (Å²) < 4.78 is 12.3. The molecule has 0 unspecified atom stereocenters. The van der Waals surface area contributed by atoms with E-state index in [0.717, 1.165) is 35.2 Å². The second kappa shape index (κ2) is 6.25. The zero-order valence-corrected chi connectivity index (χ0v) is 16.2. The molecule has 0 bridgehead atoms. The maximum Gasteiger partial charge on any atom is 0.138 e. The normalized spacial score (nSPS) is 11.9. The van der Waals surface area contributed by atoms with Crippen LogP contribution in [-0.4, -0.2) is 0 Å². The predicted molar refractivity (Wildman–Crippen MR) is 120 cm³/mol. The molecule has 2 heterocycles. The quantitative estimate of drug-likeness (QED) is 0.317. The molecular formula is C27H20O2. The van der Waals surface area contributed by atoms with E-state index in [2.05, 4.69) is 67.6 Å². The molecule has 140 valence electrons. The van der Waals surface area contributed by atoms with Crippen molar-refractivity contribution in [2.45, 2.75) is 19.8 Å². The molecule has 0 radical (unpaired) electrons. The molecule has 0 aliphatic carbocycles. The van der Waals surface area contributed by atoms with Gasteiger partial charge in [-0.25, -0.2) is 0 Å². The molecule has 29 heavy (non-hydrogen) atoms. The van der Waals surface area contributed by atoms with Crippen LogP contribution in [0, 0.1) is 0 Å². The topological polar surface area (TPSA) is 26.3 Å². The van der Waals surface area contributed by atoms with E-state index in [1.807, 2.05) is 18.2 Å². The van der Waals surface area contributed by atoms with E-state index < -0.39 is 0 Å². The SMILES string of the molecule is CCc1ccc(Cc2ccc3c(c2)oc2ccccc23)c2c1oc1ccccc12. The number of para-hydroxylation sites is 2. The van der Waals surface area contributed by atoms with E-state index in [1.54, 1.807) is 0 Å².